The molecule has 2 aromatic rings. The van der Waals surface area contributed by atoms with E-state index in [-0.39, 0.29) is 11.8 Å². The number of carbonyl (C=O) groups excluding carboxylic acids is 2. The summed E-state index contributed by atoms with van der Waals surface area (Å²) >= 11 is 0. The van der Waals surface area contributed by atoms with E-state index in [4.69, 9.17) is 0 Å². The lowest BCUT2D eigenvalue weighted by molar-refractivity contribution is 0.0688. The summed E-state index contributed by atoms with van der Waals surface area (Å²) in [5.74, 6) is 0.343. The van der Waals surface area contributed by atoms with Crippen LogP contribution in [-0.4, -0.2) is 47.8 Å². The molecule has 0 atom stereocenters. The first-order chi connectivity index (χ1) is 16.4. The molecule has 2 aliphatic rings. The number of hydrogen-bond acceptors (Lipinski definition) is 2. The van der Waals surface area contributed by atoms with E-state index in [0.29, 0.717) is 12.1 Å². The largest absolute Gasteiger partial charge is 0.339 e. The molecule has 0 aliphatic heterocycles. The van der Waals surface area contributed by atoms with Crippen molar-refractivity contribution in [1.29, 1.82) is 0 Å². The van der Waals surface area contributed by atoms with Crippen molar-refractivity contribution in [2.24, 2.45) is 0 Å². The zero-order valence-electron chi connectivity index (χ0n) is 21.6. The molecular weight excluding hydrogens is 420 g/mol. The van der Waals surface area contributed by atoms with E-state index in [9.17, 15) is 9.59 Å². The fourth-order valence-corrected chi connectivity index (χ4v) is 5.23. The van der Waals surface area contributed by atoms with E-state index in [1.807, 2.05) is 73.3 Å². The van der Waals surface area contributed by atoms with Gasteiger partial charge in [0.1, 0.15) is 0 Å². The Bertz CT molecular complexity index is 928. The number of benzene rings is 2. The molecule has 0 bridgehead atoms. The highest BCUT2D eigenvalue weighted by Crippen LogP contribution is 2.24. The van der Waals surface area contributed by atoms with Crippen molar-refractivity contribution in [3.05, 3.63) is 70.8 Å². The van der Waals surface area contributed by atoms with E-state index >= 15 is 0 Å². The van der Waals surface area contributed by atoms with Gasteiger partial charge in [-0.3, -0.25) is 9.59 Å². The van der Waals surface area contributed by atoms with E-state index in [1.165, 1.54) is 44.1 Å². The van der Waals surface area contributed by atoms with Crippen molar-refractivity contribution in [2.75, 3.05) is 14.1 Å². The molecule has 0 saturated heterocycles. The van der Waals surface area contributed by atoms with Gasteiger partial charge in [0.2, 0.25) is 0 Å². The summed E-state index contributed by atoms with van der Waals surface area (Å²) in [4.78, 5) is 28.6. The standard InChI is InChI=1S/C16H23NO.C14H19NO/c1-12-8-7-11-15(13(12)2)16(18)17(3)14-9-5-4-6-10-14;1-15(13-10-6-3-7-11-13)14(16)12-8-4-2-5-9-12/h7-8,11,14H,4-6,9-10H2,1-3H3;2,4-5,8-9,13H,3,6-7,10-11H2,1H3. The number of amides is 2. The van der Waals surface area contributed by atoms with Gasteiger partial charge < -0.3 is 9.80 Å². The first kappa shape index (κ1) is 26.0. The Labute approximate surface area is 206 Å². The Kier molecular flexibility index (Phi) is 9.74. The molecule has 0 aromatic heterocycles. The van der Waals surface area contributed by atoms with Crippen LogP contribution < -0.4 is 0 Å². The van der Waals surface area contributed by atoms with Crippen molar-refractivity contribution < 1.29 is 9.59 Å². The van der Waals surface area contributed by atoms with Crippen molar-refractivity contribution in [1.82, 2.24) is 9.80 Å². The van der Waals surface area contributed by atoms with Crippen LogP contribution in [-0.2, 0) is 0 Å². The summed E-state index contributed by atoms with van der Waals surface area (Å²) in [6, 6.07) is 16.4. The van der Waals surface area contributed by atoms with Gasteiger partial charge in [0, 0.05) is 37.3 Å². The van der Waals surface area contributed by atoms with Crippen LogP contribution in [0.1, 0.15) is 96.1 Å². The third-order valence-corrected chi connectivity index (χ3v) is 7.74. The van der Waals surface area contributed by atoms with Gasteiger partial charge in [-0.05, 0) is 68.9 Å². The van der Waals surface area contributed by atoms with Crippen LogP contribution in [0.5, 0.6) is 0 Å². The van der Waals surface area contributed by atoms with Gasteiger partial charge in [-0.1, -0.05) is 68.9 Å². The Morgan fingerprint density at radius 2 is 1.15 bits per heavy atom. The van der Waals surface area contributed by atoms with Crippen LogP contribution in [0, 0.1) is 13.8 Å². The van der Waals surface area contributed by atoms with Crippen LogP contribution in [0.2, 0.25) is 0 Å². The number of nitrogens with zero attached hydrogens (tertiary/aromatic N) is 2. The molecule has 2 saturated carbocycles. The molecule has 184 valence electrons. The van der Waals surface area contributed by atoms with Gasteiger partial charge in [-0.15, -0.1) is 0 Å². The lowest BCUT2D eigenvalue weighted by Crippen LogP contribution is -2.38. The highest BCUT2D eigenvalue weighted by molar-refractivity contribution is 5.96. The van der Waals surface area contributed by atoms with Gasteiger partial charge >= 0.3 is 0 Å². The summed E-state index contributed by atoms with van der Waals surface area (Å²) in [5.41, 5.74) is 3.97. The molecule has 2 aliphatic carbocycles. The third-order valence-electron chi connectivity index (χ3n) is 7.74. The van der Waals surface area contributed by atoms with E-state index in [1.54, 1.807) is 0 Å². The molecule has 4 nitrogen and oxygen atoms in total. The van der Waals surface area contributed by atoms with Gasteiger partial charge in [-0.2, -0.15) is 0 Å². The number of aryl methyl sites for hydroxylation is 1. The molecule has 2 fully saturated rings. The Hall–Kier alpha value is -2.62. The van der Waals surface area contributed by atoms with Crippen molar-refractivity contribution in [3.63, 3.8) is 0 Å². The average molecular weight is 463 g/mol. The zero-order valence-corrected chi connectivity index (χ0v) is 21.6. The molecule has 0 radical (unpaired) electrons. The predicted octanol–water partition coefficient (Wildman–Crippen LogP) is 6.80. The molecule has 0 heterocycles. The monoisotopic (exact) mass is 462 g/mol. The maximum atomic E-state index is 12.5. The van der Waals surface area contributed by atoms with Crippen LogP contribution in [0.4, 0.5) is 0 Å². The highest BCUT2D eigenvalue weighted by atomic mass is 16.2. The topological polar surface area (TPSA) is 40.6 Å². The van der Waals surface area contributed by atoms with Gasteiger partial charge in [0.05, 0.1) is 0 Å². The summed E-state index contributed by atoms with van der Waals surface area (Å²) in [5, 5.41) is 0. The minimum Gasteiger partial charge on any atom is -0.339 e. The van der Waals surface area contributed by atoms with Crippen LogP contribution in [0.15, 0.2) is 48.5 Å². The molecule has 2 aromatic carbocycles. The number of rotatable bonds is 4. The van der Waals surface area contributed by atoms with Crippen molar-refractivity contribution in [3.8, 4) is 0 Å². The first-order valence-corrected chi connectivity index (χ1v) is 13.1. The normalized spacial score (nSPS) is 16.8. The second-order valence-corrected chi connectivity index (χ2v) is 10.0. The van der Waals surface area contributed by atoms with Crippen LogP contribution in [0.25, 0.3) is 0 Å². The maximum absolute atomic E-state index is 12.5. The average Bonchev–Trinajstić information content (AvgIpc) is 2.90. The highest BCUT2D eigenvalue weighted by Gasteiger charge is 2.24. The summed E-state index contributed by atoms with van der Waals surface area (Å²) in [7, 11) is 3.89. The van der Waals surface area contributed by atoms with Gasteiger partial charge in [0.15, 0.2) is 0 Å². The molecule has 34 heavy (non-hydrogen) atoms. The van der Waals surface area contributed by atoms with Crippen LogP contribution in [0.3, 0.4) is 0 Å². The first-order valence-electron chi connectivity index (χ1n) is 13.1. The predicted molar refractivity (Wildman–Crippen MR) is 140 cm³/mol. The quantitative estimate of drug-likeness (QED) is 0.501. The summed E-state index contributed by atoms with van der Waals surface area (Å²) in [6.45, 7) is 4.10. The zero-order chi connectivity index (χ0) is 24.5. The van der Waals surface area contributed by atoms with Crippen molar-refractivity contribution in [2.45, 2.75) is 90.1 Å². The molecule has 0 spiro atoms. The van der Waals surface area contributed by atoms with E-state index in [2.05, 4.69) is 13.0 Å². The fourth-order valence-electron chi connectivity index (χ4n) is 5.23. The van der Waals surface area contributed by atoms with Gasteiger partial charge in [0.25, 0.3) is 11.8 Å². The smallest absolute Gasteiger partial charge is 0.254 e. The third kappa shape index (κ3) is 6.71. The number of hydrogen-bond donors (Lipinski definition) is 0. The Morgan fingerprint density at radius 3 is 1.68 bits per heavy atom. The van der Waals surface area contributed by atoms with E-state index < -0.39 is 0 Å². The second-order valence-electron chi connectivity index (χ2n) is 10.0. The Balaban J connectivity index is 0.000000192. The maximum Gasteiger partial charge on any atom is 0.254 e. The minimum absolute atomic E-state index is 0.160. The molecule has 4 rings (SSSR count). The molecule has 0 N–H and O–H groups in total. The SMILES string of the molecule is CN(C(=O)c1ccccc1)C1CCCCC1.Cc1cccc(C(=O)N(C)C2CCCCC2)c1C. The minimum atomic E-state index is 0.160. The van der Waals surface area contributed by atoms with Crippen LogP contribution >= 0.6 is 0 Å². The molecule has 4 heteroatoms. The Morgan fingerprint density at radius 1 is 0.647 bits per heavy atom. The molecule has 0 unspecified atom stereocenters. The molecule has 2 amide bonds. The second kappa shape index (κ2) is 12.7. The summed E-state index contributed by atoms with van der Waals surface area (Å²) < 4.78 is 0. The summed E-state index contributed by atoms with van der Waals surface area (Å²) in [6.07, 6.45) is 12.3. The van der Waals surface area contributed by atoms with E-state index in [0.717, 1.165) is 42.4 Å². The number of carbonyl (C=O) groups is 2. The molecular formula is C30H42N2O2. The van der Waals surface area contributed by atoms with Crippen molar-refractivity contribution >= 4 is 11.8 Å². The fraction of sp³-hybridized carbons (Fsp3) is 0.533. The lowest BCUT2D eigenvalue weighted by atomic mass is 9.93. The lowest BCUT2D eigenvalue weighted by Gasteiger charge is -2.31. The van der Waals surface area contributed by atoms with Gasteiger partial charge in [-0.25, -0.2) is 0 Å².